The first-order valence-electron chi connectivity index (χ1n) is 8.40. The first kappa shape index (κ1) is 18.4. The molecule has 6 heteroatoms. The maximum Gasteiger partial charge on any atom is 0.250 e. The van der Waals surface area contributed by atoms with Crippen LogP contribution in [0.2, 0.25) is 0 Å². The van der Waals surface area contributed by atoms with Crippen LogP contribution in [0.5, 0.6) is 0 Å². The van der Waals surface area contributed by atoms with E-state index in [4.69, 9.17) is 9.47 Å². The van der Waals surface area contributed by atoms with Gasteiger partial charge in [0.2, 0.25) is 11.8 Å². The summed E-state index contributed by atoms with van der Waals surface area (Å²) in [5.41, 5.74) is 1.93. The van der Waals surface area contributed by atoms with E-state index in [1.165, 1.54) is 5.56 Å². The van der Waals surface area contributed by atoms with Gasteiger partial charge in [-0.05, 0) is 36.5 Å². The van der Waals surface area contributed by atoms with E-state index in [1.807, 2.05) is 24.3 Å². The fraction of sp³-hybridized carbons (Fsp3) is 0.556. The van der Waals surface area contributed by atoms with E-state index in [0.29, 0.717) is 12.5 Å². The molecule has 1 fully saturated rings. The van der Waals surface area contributed by atoms with Gasteiger partial charge in [0.25, 0.3) is 0 Å². The highest BCUT2D eigenvalue weighted by Crippen LogP contribution is 2.17. The number of ether oxygens (including phenoxy) is 2. The van der Waals surface area contributed by atoms with Crippen LogP contribution in [0, 0.1) is 0 Å². The van der Waals surface area contributed by atoms with E-state index in [2.05, 4.69) is 24.5 Å². The summed E-state index contributed by atoms with van der Waals surface area (Å²) < 4.78 is 10.6. The lowest BCUT2D eigenvalue weighted by atomic mass is 10.0. The topological polar surface area (TPSA) is 76.7 Å². The largest absolute Gasteiger partial charge is 0.376 e. The lowest BCUT2D eigenvalue weighted by molar-refractivity contribution is -0.129. The zero-order chi connectivity index (χ0) is 17.4. The normalized spacial score (nSPS) is 17.0. The van der Waals surface area contributed by atoms with Crippen molar-refractivity contribution in [1.29, 1.82) is 0 Å². The Morgan fingerprint density at radius 1 is 1.21 bits per heavy atom. The van der Waals surface area contributed by atoms with Crippen molar-refractivity contribution in [3.8, 4) is 0 Å². The maximum atomic E-state index is 11.8. The van der Waals surface area contributed by atoms with Gasteiger partial charge >= 0.3 is 0 Å². The second-order valence-electron chi connectivity index (χ2n) is 6.26. The number of anilines is 1. The molecule has 0 bridgehead atoms. The Kier molecular flexibility index (Phi) is 7.21. The molecule has 0 unspecified atom stereocenters. The summed E-state index contributed by atoms with van der Waals surface area (Å²) in [6.45, 7) is 5.20. The lowest BCUT2D eigenvalue weighted by Crippen LogP contribution is -2.35. The summed E-state index contributed by atoms with van der Waals surface area (Å²) in [6.07, 6.45) is 2.11. The van der Waals surface area contributed by atoms with Gasteiger partial charge in [0, 0.05) is 18.8 Å². The average molecular weight is 334 g/mol. The minimum absolute atomic E-state index is 0.103. The molecule has 2 amide bonds. The fourth-order valence-electron chi connectivity index (χ4n) is 2.47. The van der Waals surface area contributed by atoms with Crippen LogP contribution in [-0.4, -0.2) is 44.3 Å². The van der Waals surface area contributed by atoms with Crippen molar-refractivity contribution >= 4 is 17.5 Å². The number of carbonyl (C=O) groups excluding carboxylic acids is 2. The van der Waals surface area contributed by atoms with Gasteiger partial charge in [0.15, 0.2) is 0 Å². The van der Waals surface area contributed by atoms with Gasteiger partial charge in [0.05, 0.1) is 6.10 Å². The maximum absolute atomic E-state index is 11.8. The van der Waals surface area contributed by atoms with E-state index >= 15 is 0 Å². The quantitative estimate of drug-likeness (QED) is 0.763. The highest BCUT2D eigenvalue weighted by molar-refractivity contribution is 5.91. The molecule has 6 nitrogen and oxygen atoms in total. The van der Waals surface area contributed by atoms with Gasteiger partial charge in [-0.1, -0.05) is 26.0 Å². The average Bonchev–Trinajstić information content (AvgIpc) is 3.07. The summed E-state index contributed by atoms with van der Waals surface area (Å²) >= 11 is 0. The third kappa shape index (κ3) is 6.29. The molecule has 0 saturated carbocycles. The zero-order valence-corrected chi connectivity index (χ0v) is 14.3. The molecule has 0 aromatic heterocycles. The second kappa shape index (κ2) is 9.39. The highest BCUT2D eigenvalue weighted by Gasteiger charge is 2.16. The van der Waals surface area contributed by atoms with Crippen LogP contribution in [-0.2, 0) is 19.1 Å². The monoisotopic (exact) mass is 334 g/mol. The molecule has 0 aliphatic carbocycles. The molecule has 1 heterocycles. The van der Waals surface area contributed by atoms with Crippen LogP contribution < -0.4 is 10.6 Å². The van der Waals surface area contributed by atoms with Crippen molar-refractivity contribution in [1.82, 2.24) is 5.32 Å². The van der Waals surface area contributed by atoms with Crippen molar-refractivity contribution in [3.05, 3.63) is 29.8 Å². The SMILES string of the molecule is CC(C)c1ccc(NC(=O)COCC(=O)NC[C@@H]2CCCO2)cc1. The van der Waals surface area contributed by atoms with Crippen LogP contribution in [0.1, 0.15) is 38.2 Å². The van der Waals surface area contributed by atoms with Gasteiger partial charge in [-0.3, -0.25) is 9.59 Å². The van der Waals surface area contributed by atoms with Crippen LogP contribution in [0.3, 0.4) is 0 Å². The first-order chi connectivity index (χ1) is 11.5. The standard InChI is InChI=1S/C18H26N2O4/c1-13(2)14-5-7-15(8-6-14)20-18(22)12-23-11-17(21)19-10-16-4-3-9-24-16/h5-8,13,16H,3-4,9-12H2,1-2H3,(H,19,21)(H,20,22)/t16-/m0/s1. The summed E-state index contributed by atoms with van der Waals surface area (Å²) in [6, 6.07) is 7.70. The molecule has 1 aromatic rings. The molecule has 1 aliphatic heterocycles. The summed E-state index contributed by atoms with van der Waals surface area (Å²) in [7, 11) is 0. The van der Waals surface area contributed by atoms with Crippen LogP contribution in [0.25, 0.3) is 0 Å². The Balaban J connectivity index is 1.61. The molecular formula is C18H26N2O4. The third-order valence-corrected chi connectivity index (χ3v) is 3.88. The number of amides is 2. The summed E-state index contributed by atoms with van der Waals surface area (Å²) in [5, 5.41) is 5.49. The molecule has 2 N–H and O–H groups in total. The Hall–Kier alpha value is -1.92. The van der Waals surface area contributed by atoms with Gasteiger partial charge < -0.3 is 20.1 Å². The van der Waals surface area contributed by atoms with E-state index in [0.717, 1.165) is 25.1 Å². The molecule has 1 saturated heterocycles. The molecule has 132 valence electrons. The Morgan fingerprint density at radius 2 is 1.92 bits per heavy atom. The van der Waals surface area contributed by atoms with E-state index in [1.54, 1.807) is 0 Å². The number of hydrogen-bond donors (Lipinski definition) is 2. The highest BCUT2D eigenvalue weighted by atomic mass is 16.5. The molecular weight excluding hydrogens is 308 g/mol. The van der Waals surface area contributed by atoms with Gasteiger partial charge in [-0.15, -0.1) is 0 Å². The number of benzene rings is 1. The van der Waals surface area contributed by atoms with Gasteiger partial charge in [0.1, 0.15) is 13.2 Å². The van der Waals surface area contributed by atoms with Gasteiger partial charge in [-0.25, -0.2) is 0 Å². The van der Waals surface area contributed by atoms with Crippen molar-refractivity contribution in [2.24, 2.45) is 0 Å². The predicted octanol–water partition coefficient (Wildman–Crippen LogP) is 2.06. The molecule has 2 rings (SSSR count). The molecule has 0 spiro atoms. The Morgan fingerprint density at radius 3 is 2.54 bits per heavy atom. The number of hydrogen-bond acceptors (Lipinski definition) is 4. The molecule has 1 aromatic carbocycles. The molecule has 1 atom stereocenters. The Labute approximate surface area is 142 Å². The number of nitrogens with one attached hydrogen (secondary N) is 2. The smallest absolute Gasteiger partial charge is 0.250 e. The Bertz CT molecular complexity index is 536. The molecule has 0 radical (unpaired) electrons. The van der Waals surface area contributed by atoms with Crippen LogP contribution >= 0.6 is 0 Å². The lowest BCUT2D eigenvalue weighted by Gasteiger charge is -2.11. The minimum atomic E-state index is -0.278. The minimum Gasteiger partial charge on any atom is -0.376 e. The molecule has 1 aliphatic rings. The van der Waals surface area contributed by atoms with Crippen molar-refractivity contribution in [2.45, 2.75) is 38.7 Å². The van der Waals surface area contributed by atoms with Crippen molar-refractivity contribution in [2.75, 3.05) is 31.7 Å². The van der Waals surface area contributed by atoms with Crippen molar-refractivity contribution in [3.63, 3.8) is 0 Å². The summed E-state index contributed by atoms with van der Waals surface area (Å²) in [4.78, 5) is 23.4. The van der Waals surface area contributed by atoms with E-state index in [9.17, 15) is 9.59 Å². The number of rotatable bonds is 8. The first-order valence-corrected chi connectivity index (χ1v) is 8.40. The van der Waals surface area contributed by atoms with Crippen LogP contribution in [0.15, 0.2) is 24.3 Å². The number of carbonyl (C=O) groups is 2. The van der Waals surface area contributed by atoms with E-state index in [-0.39, 0.29) is 31.1 Å². The third-order valence-electron chi connectivity index (χ3n) is 3.88. The van der Waals surface area contributed by atoms with Crippen molar-refractivity contribution < 1.29 is 19.1 Å². The second-order valence-corrected chi connectivity index (χ2v) is 6.26. The van der Waals surface area contributed by atoms with Gasteiger partial charge in [-0.2, -0.15) is 0 Å². The van der Waals surface area contributed by atoms with E-state index < -0.39 is 0 Å². The zero-order valence-electron chi connectivity index (χ0n) is 14.3. The molecule has 24 heavy (non-hydrogen) atoms. The van der Waals surface area contributed by atoms with Crippen LogP contribution in [0.4, 0.5) is 5.69 Å². The summed E-state index contributed by atoms with van der Waals surface area (Å²) in [5.74, 6) is -0.0648. The fourth-order valence-corrected chi connectivity index (χ4v) is 2.47. The predicted molar refractivity (Wildman–Crippen MR) is 92.0 cm³/mol.